The predicted molar refractivity (Wildman–Crippen MR) is 104 cm³/mol. The highest BCUT2D eigenvalue weighted by molar-refractivity contribution is 5.87. The lowest BCUT2D eigenvalue weighted by Gasteiger charge is -2.24. The maximum atomic E-state index is 12.6. The molecule has 0 aliphatic rings. The van der Waals surface area contributed by atoms with Gasteiger partial charge in [-0.15, -0.1) is 0 Å². The SMILES string of the molecule is C[C@@H](NC(=O)[C@H](Cc1ccccc1)NC(Cc1ccccc1)C(=O)O)C(=O)O. The van der Waals surface area contributed by atoms with E-state index in [0.717, 1.165) is 11.1 Å². The van der Waals surface area contributed by atoms with Gasteiger partial charge in [-0.05, 0) is 30.9 Å². The minimum absolute atomic E-state index is 0.198. The van der Waals surface area contributed by atoms with Crippen molar-refractivity contribution in [3.8, 4) is 0 Å². The van der Waals surface area contributed by atoms with Crippen LogP contribution in [-0.4, -0.2) is 46.2 Å². The second-order valence-electron chi connectivity index (χ2n) is 6.56. The van der Waals surface area contributed by atoms with Crippen LogP contribution in [0.1, 0.15) is 18.1 Å². The van der Waals surface area contributed by atoms with Crippen molar-refractivity contribution >= 4 is 17.8 Å². The fourth-order valence-electron chi connectivity index (χ4n) is 2.76. The molecule has 1 unspecified atom stereocenters. The van der Waals surface area contributed by atoms with Crippen molar-refractivity contribution < 1.29 is 24.6 Å². The highest BCUT2D eigenvalue weighted by Crippen LogP contribution is 2.08. The third-order valence-electron chi connectivity index (χ3n) is 4.31. The Labute approximate surface area is 163 Å². The molecule has 0 aliphatic carbocycles. The van der Waals surface area contributed by atoms with Crippen LogP contribution in [0.3, 0.4) is 0 Å². The molecule has 1 amide bonds. The van der Waals surface area contributed by atoms with Crippen molar-refractivity contribution in [2.75, 3.05) is 0 Å². The van der Waals surface area contributed by atoms with Gasteiger partial charge in [0.2, 0.25) is 5.91 Å². The largest absolute Gasteiger partial charge is 0.480 e. The highest BCUT2D eigenvalue weighted by Gasteiger charge is 2.28. The van der Waals surface area contributed by atoms with Crippen molar-refractivity contribution in [3.63, 3.8) is 0 Å². The Morgan fingerprint density at radius 2 is 1.25 bits per heavy atom. The Bertz CT molecular complexity index is 795. The van der Waals surface area contributed by atoms with E-state index in [-0.39, 0.29) is 12.8 Å². The monoisotopic (exact) mass is 384 g/mol. The predicted octanol–water partition coefficient (Wildman–Crippen LogP) is 1.47. The summed E-state index contributed by atoms with van der Waals surface area (Å²) in [7, 11) is 0. The first kappa shape index (κ1) is 21.1. The van der Waals surface area contributed by atoms with Crippen molar-refractivity contribution in [2.24, 2.45) is 0 Å². The van der Waals surface area contributed by atoms with Crippen molar-refractivity contribution in [2.45, 2.75) is 37.9 Å². The van der Waals surface area contributed by atoms with Gasteiger partial charge in [-0.25, -0.2) is 0 Å². The zero-order chi connectivity index (χ0) is 20.5. The van der Waals surface area contributed by atoms with Crippen LogP contribution in [0.15, 0.2) is 60.7 Å². The smallest absolute Gasteiger partial charge is 0.325 e. The standard InChI is InChI=1S/C21H24N2O5/c1-14(20(25)26)22-19(24)17(12-15-8-4-2-5-9-15)23-18(21(27)28)13-16-10-6-3-7-11-16/h2-11,14,17-18,23H,12-13H2,1H3,(H,22,24)(H,25,26)(H,27,28)/t14-,17+,18?/m1/s1. The molecule has 2 rings (SSSR count). The van der Waals surface area contributed by atoms with Crippen molar-refractivity contribution in [1.82, 2.24) is 10.6 Å². The van der Waals surface area contributed by atoms with Crippen LogP contribution in [0.25, 0.3) is 0 Å². The normalized spacial score (nSPS) is 13.9. The summed E-state index contributed by atoms with van der Waals surface area (Å²) < 4.78 is 0. The van der Waals surface area contributed by atoms with Gasteiger partial charge in [-0.1, -0.05) is 60.7 Å². The molecule has 2 aromatic carbocycles. The fraction of sp³-hybridized carbons (Fsp3) is 0.286. The van der Waals surface area contributed by atoms with Gasteiger partial charge in [0.25, 0.3) is 0 Å². The molecule has 7 nitrogen and oxygen atoms in total. The zero-order valence-corrected chi connectivity index (χ0v) is 15.5. The third kappa shape index (κ3) is 6.51. The summed E-state index contributed by atoms with van der Waals surface area (Å²) in [6, 6.07) is 15.3. The molecule has 0 heterocycles. The molecule has 3 atom stereocenters. The summed E-state index contributed by atoms with van der Waals surface area (Å²) in [6.07, 6.45) is 0.431. The first-order chi connectivity index (χ1) is 13.4. The molecule has 0 aliphatic heterocycles. The lowest BCUT2D eigenvalue weighted by atomic mass is 10.0. The molecule has 0 saturated carbocycles. The molecule has 0 radical (unpaired) electrons. The van der Waals surface area contributed by atoms with Crippen molar-refractivity contribution in [1.29, 1.82) is 0 Å². The minimum atomic E-state index is -1.16. The van der Waals surface area contributed by atoms with Crippen LogP contribution in [0.2, 0.25) is 0 Å². The van der Waals surface area contributed by atoms with E-state index >= 15 is 0 Å². The molecule has 0 bridgehead atoms. The summed E-state index contributed by atoms with van der Waals surface area (Å²) >= 11 is 0. The topological polar surface area (TPSA) is 116 Å². The second-order valence-corrected chi connectivity index (χ2v) is 6.56. The summed E-state index contributed by atoms with van der Waals surface area (Å²) in [5.74, 6) is -2.80. The Kier molecular flexibility index (Phi) is 7.71. The lowest BCUT2D eigenvalue weighted by molar-refractivity contribution is -0.142. The summed E-state index contributed by atoms with van der Waals surface area (Å²) in [5, 5.41) is 24.0. The van der Waals surface area contributed by atoms with Crippen LogP contribution < -0.4 is 10.6 Å². The second kappa shape index (κ2) is 10.2. The number of aliphatic carboxylic acids is 2. The summed E-state index contributed by atoms with van der Waals surface area (Å²) in [4.78, 5) is 35.5. The van der Waals surface area contributed by atoms with E-state index in [0.29, 0.717) is 0 Å². The Hall–Kier alpha value is -3.19. The van der Waals surface area contributed by atoms with Crippen LogP contribution in [-0.2, 0) is 27.2 Å². The average molecular weight is 384 g/mol. The maximum absolute atomic E-state index is 12.6. The van der Waals surface area contributed by atoms with Crippen molar-refractivity contribution in [3.05, 3.63) is 71.8 Å². The number of carboxylic acids is 2. The van der Waals surface area contributed by atoms with Gasteiger partial charge in [0.15, 0.2) is 0 Å². The van der Waals surface area contributed by atoms with Crippen LogP contribution >= 0.6 is 0 Å². The van der Waals surface area contributed by atoms with Gasteiger partial charge in [0.05, 0.1) is 6.04 Å². The number of carbonyl (C=O) groups excluding carboxylic acids is 1. The van der Waals surface area contributed by atoms with Gasteiger partial charge in [-0.3, -0.25) is 19.7 Å². The Balaban J connectivity index is 2.18. The molecule has 148 valence electrons. The van der Waals surface area contributed by atoms with E-state index in [9.17, 15) is 19.5 Å². The van der Waals surface area contributed by atoms with Crippen LogP contribution in [0.4, 0.5) is 0 Å². The molecular weight excluding hydrogens is 360 g/mol. The van der Waals surface area contributed by atoms with Crippen LogP contribution in [0.5, 0.6) is 0 Å². The third-order valence-corrected chi connectivity index (χ3v) is 4.31. The van der Waals surface area contributed by atoms with E-state index in [4.69, 9.17) is 5.11 Å². The first-order valence-corrected chi connectivity index (χ1v) is 8.96. The number of nitrogens with one attached hydrogen (secondary N) is 2. The number of hydrogen-bond acceptors (Lipinski definition) is 4. The van der Waals surface area contributed by atoms with E-state index in [1.165, 1.54) is 6.92 Å². The zero-order valence-electron chi connectivity index (χ0n) is 15.5. The summed E-state index contributed by atoms with van der Waals surface area (Å²) in [5.41, 5.74) is 1.65. The quantitative estimate of drug-likeness (QED) is 0.493. The van der Waals surface area contributed by atoms with Gasteiger partial charge >= 0.3 is 11.9 Å². The molecule has 0 fully saturated rings. The average Bonchev–Trinajstić information content (AvgIpc) is 2.68. The summed E-state index contributed by atoms with van der Waals surface area (Å²) in [6.45, 7) is 1.36. The number of rotatable bonds is 10. The molecule has 0 saturated heterocycles. The molecule has 28 heavy (non-hydrogen) atoms. The number of carbonyl (C=O) groups is 3. The van der Waals surface area contributed by atoms with Gasteiger partial charge in [0.1, 0.15) is 12.1 Å². The van der Waals surface area contributed by atoms with E-state index in [1.54, 1.807) is 0 Å². The van der Waals surface area contributed by atoms with Gasteiger partial charge in [0, 0.05) is 0 Å². The van der Waals surface area contributed by atoms with E-state index in [2.05, 4.69) is 10.6 Å². The Morgan fingerprint density at radius 1 is 0.786 bits per heavy atom. The fourth-order valence-corrected chi connectivity index (χ4v) is 2.76. The molecule has 0 aromatic heterocycles. The van der Waals surface area contributed by atoms with Crippen LogP contribution in [0, 0.1) is 0 Å². The minimum Gasteiger partial charge on any atom is -0.480 e. The molecule has 4 N–H and O–H groups in total. The van der Waals surface area contributed by atoms with E-state index < -0.39 is 36.0 Å². The number of benzene rings is 2. The van der Waals surface area contributed by atoms with E-state index in [1.807, 2.05) is 60.7 Å². The molecule has 0 spiro atoms. The maximum Gasteiger partial charge on any atom is 0.325 e. The Morgan fingerprint density at radius 3 is 1.68 bits per heavy atom. The number of hydrogen-bond donors (Lipinski definition) is 4. The van der Waals surface area contributed by atoms with Gasteiger partial charge < -0.3 is 15.5 Å². The van der Waals surface area contributed by atoms with Gasteiger partial charge in [-0.2, -0.15) is 0 Å². The molecular formula is C21H24N2O5. The first-order valence-electron chi connectivity index (χ1n) is 8.96. The molecule has 7 heteroatoms. The lowest BCUT2D eigenvalue weighted by Crippen LogP contribution is -2.55. The number of carboxylic acid groups (broad SMARTS) is 2. The highest BCUT2D eigenvalue weighted by atomic mass is 16.4. The molecule has 2 aromatic rings. The number of amides is 1.